The summed E-state index contributed by atoms with van der Waals surface area (Å²) in [7, 11) is 0. The fourth-order valence-corrected chi connectivity index (χ4v) is 4.52. The molecule has 4 aromatic carbocycles. The van der Waals surface area contributed by atoms with E-state index in [9.17, 15) is 9.59 Å². The normalized spacial score (nSPS) is 10.3. The number of nitrogens with one attached hydrogen (secondary N) is 2. The minimum Gasteiger partial charge on any atom is -0.273 e. The number of anilines is 2. The van der Waals surface area contributed by atoms with Gasteiger partial charge in [0.15, 0.2) is 0 Å². The number of hydrogen-bond acceptors (Lipinski definition) is 4. The van der Waals surface area contributed by atoms with Crippen LogP contribution in [0, 0.1) is 13.8 Å². The summed E-state index contributed by atoms with van der Waals surface area (Å²) in [6.45, 7) is 3.86. The minimum atomic E-state index is -0.524. The van der Waals surface area contributed by atoms with Crippen molar-refractivity contribution in [1.82, 2.24) is 10.9 Å². The van der Waals surface area contributed by atoms with Crippen molar-refractivity contribution < 1.29 is 9.59 Å². The number of carbonyl (C=O) groups excluding carboxylic acids is 2. The Balaban J connectivity index is 1.54. The maximum Gasteiger partial charge on any atom is 0.248 e. The largest absolute Gasteiger partial charge is 0.273 e. The van der Waals surface area contributed by atoms with Crippen LogP contribution in [0.5, 0.6) is 0 Å². The van der Waals surface area contributed by atoms with E-state index < -0.39 is 18.2 Å². The monoisotopic (exact) mass is 552 g/mol. The molecule has 0 bridgehead atoms. The van der Waals surface area contributed by atoms with Crippen LogP contribution in [0.3, 0.4) is 0 Å². The van der Waals surface area contributed by atoms with Crippen LogP contribution >= 0.6 is 24.4 Å². The van der Waals surface area contributed by atoms with E-state index in [1.165, 1.54) is 0 Å². The predicted octanol–water partition coefficient (Wildman–Crippen LogP) is 5.82. The van der Waals surface area contributed by atoms with E-state index in [2.05, 4.69) is 10.9 Å². The van der Waals surface area contributed by atoms with Gasteiger partial charge in [-0.05, 0) is 37.1 Å². The molecular weight excluding hydrogens is 525 g/mol. The van der Waals surface area contributed by atoms with E-state index in [1.54, 1.807) is 10.0 Å². The molecule has 6 nitrogen and oxygen atoms in total. The molecule has 0 radical (unpaired) electrons. The van der Waals surface area contributed by atoms with Crippen LogP contribution in [-0.2, 0) is 9.59 Å². The Morgan fingerprint density at radius 2 is 0.897 bits per heavy atom. The molecule has 2 amide bonds. The Labute approximate surface area is 239 Å². The Morgan fingerprint density at radius 3 is 1.26 bits per heavy atom. The molecule has 0 heterocycles. The summed E-state index contributed by atoms with van der Waals surface area (Å²) in [6, 6.07) is 33.9. The summed E-state index contributed by atoms with van der Waals surface area (Å²) in [6.07, 6.45) is -0.445. The summed E-state index contributed by atoms with van der Waals surface area (Å²) in [5.74, 6) is -1.05. The first-order valence-corrected chi connectivity index (χ1v) is 13.2. The molecule has 8 heteroatoms. The van der Waals surface area contributed by atoms with Gasteiger partial charge >= 0.3 is 0 Å². The zero-order chi connectivity index (χ0) is 27.8. The average molecular weight is 553 g/mol. The van der Waals surface area contributed by atoms with Gasteiger partial charge in [0.1, 0.15) is 16.4 Å². The van der Waals surface area contributed by atoms with Gasteiger partial charge in [-0.1, -0.05) is 121 Å². The summed E-state index contributed by atoms with van der Waals surface area (Å²) < 4.78 is 0. The van der Waals surface area contributed by atoms with E-state index in [-0.39, 0.29) is 0 Å². The molecule has 0 aromatic heterocycles. The number of nitrogens with zero attached hydrogens (tertiary/aromatic N) is 2. The van der Waals surface area contributed by atoms with Gasteiger partial charge in [0, 0.05) is 11.1 Å². The van der Waals surface area contributed by atoms with E-state index in [1.807, 2.05) is 123 Å². The number of carbonyl (C=O) groups is 2. The number of hydrazine groups is 2. The topological polar surface area (TPSA) is 64.7 Å². The van der Waals surface area contributed by atoms with Gasteiger partial charge in [-0.15, -0.1) is 0 Å². The molecule has 0 saturated heterocycles. The lowest BCUT2D eigenvalue weighted by atomic mass is 10.1. The number of hydrogen-bond donors (Lipinski definition) is 2. The summed E-state index contributed by atoms with van der Waals surface area (Å²) in [4.78, 5) is 27.2. The van der Waals surface area contributed by atoms with Crippen LogP contribution in [0.25, 0.3) is 0 Å². The fraction of sp³-hybridized carbons (Fsp3) is 0.0968. The van der Waals surface area contributed by atoms with Crippen molar-refractivity contribution >= 4 is 57.6 Å². The van der Waals surface area contributed by atoms with Crippen molar-refractivity contribution in [3.8, 4) is 0 Å². The van der Waals surface area contributed by atoms with Crippen molar-refractivity contribution in [2.24, 2.45) is 0 Å². The quantitative estimate of drug-likeness (QED) is 0.179. The second-order valence-electron chi connectivity index (χ2n) is 8.83. The Morgan fingerprint density at radius 1 is 0.564 bits per heavy atom. The van der Waals surface area contributed by atoms with Crippen molar-refractivity contribution in [3.63, 3.8) is 0 Å². The predicted molar refractivity (Wildman–Crippen MR) is 165 cm³/mol. The first-order chi connectivity index (χ1) is 18.8. The standard InChI is InChI=1S/C31H28N4O2S2/c1-22-13-9-11-19-26(22)34(30(38)24-15-5-3-6-16-24)32-28(36)21-29(37)33-35(27-20-12-10-14-23(27)2)31(39)25-17-7-4-8-18-25/h3-20H,21H2,1-2H3,(H,32,36)(H,33,37). The highest BCUT2D eigenvalue weighted by molar-refractivity contribution is 7.81. The highest BCUT2D eigenvalue weighted by Gasteiger charge is 2.23. The zero-order valence-electron chi connectivity index (χ0n) is 21.6. The van der Waals surface area contributed by atoms with Crippen LogP contribution in [0.4, 0.5) is 11.4 Å². The van der Waals surface area contributed by atoms with E-state index in [0.29, 0.717) is 21.4 Å². The van der Waals surface area contributed by atoms with Crippen LogP contribution < -0.4 is 20.9 Å². The van der Waals surface area contributed by atoms with Crippen molar-refractivity contribution in [1.29, 1.82) is 0 Å². The van der Waals surface area contributed by atoms with Gasteiger partial charge in [-0.25, -0.2) is 10.0 Å². The third-order valence-corrected chi connectivity index (χ3v) is 6.79. The number of benzene rings is 4. The first-order valence-electron chi connectivity index (χ1n) is 12.3. The number of thiocarbonyl (C=S) groups is 2. The lowest BCUT2D eigenvalue weighted by Gasteiger charge is -2.29. The van der Waals surface area contributed by atoms with E-state index >= 15 is 0 Å². The number of aryl methyl sites for hydroxylation is 2. The number of para-hydroxylation sites is 2. The summed E-state index contributed by atoms with van der Waals surface area (Å²) in [5.41, 5.74) is 10.4. The van der Waals surface area contributed by atoms with Gasteiger partial charge in [0.25, 0.3) is 0 Å². The molecule has 196 valence electrons. The molecule has 39 heavy (non-hydrogen) atoms. The van der Waals surface area contributed by atoms with Crippen molar-refractivity contribution in [2.45, 2.75) is 20.3 Å². The van der Waals surface area contributed by atoms with Crippen LogP contribution in [0.15, 0.2) is 109 Å². The SMILES string of the molecule is Cc1ccccc1N(NC(=O)CC(=O)NN(C(=S)c1ccccc1)c1ccccc1C)C(=S)c1ccccc1. The Kier molecular flexibility index (Phi) is 9.14. The van der Waals surface area contributed by atoms with E-state index in [4.69, 9.17) is 24.4 Å². The first kappa shape index (κ1) is 27.6. The van der Waals surface area contributed by atoms with E-state index in [0.717, 1.165) is 22.3 Å². The minimum absolute atomic E-state index is 0.408. The number of rotatable bonds is 6. The molecule has 4 rings (SSSR count). The Bertz CT molecular complexity index is 1380. The molecule has 0 unspecified atom stereocenters. The lowest BCUT2D eigenvalue weighted by Crippen LogP contribution is -2.50. The molecule has 0 aliphatic rings. The van der Waals surface area contributed by atoms with Crippen LogP contribution in [-0.4, -0.2) is 21.8 Å². The molecule has 0 atom stereocenters. The third kappa shape index (κ3) is 6.93. The van der Waals surface area contributed by atoms with Crippen molar-refractivity contribution in [2.75, 3.05) is 10.0 Å². The highest BCUT2D eigenvalue weighted by Crippen LogP contribution is 2.22. The summed E-state index contributed by atoms with van der Waals surface area (Å²) >= 11 is 11.5. The lowest BCUT2D eigenvalue weighted by molar-refractivity contribution is -0.129. The van der Waals surface area contributed by atoms with Gasteiger partial charge < -0.3 is 0 Å². The van der Waals surface area contributed by atoms with Gasteiger partial charge in [-0.2, -0.15) is 0 Å². The third-order valence-electron chi connectivity index (χ3n) is 5.95. The molecule has 4 aromatic rings. The Hall–Kier alpha value is -4.40. The molecule has 0 aliphatic heterocycles. The highest BCUT2D eigenvalue weighted by atomic mass is 32.1. The molecule has 0 aliphatic carbocycles. The summed E-state index contributed by atoms with van der Waals surface area (Å²) in [5, 5.41) is 3.09. The maximum absolute atomic E-state index is 13.2. The second kappa shape index (κ2) is 12.9. The smallest absolute Gasteiger partial charge is 0.248 e. The molecule has 0 saturated carbocycles. The van der Waals surface area contributed by atoms with Crippen molar-refractivity contribution in [3.05, 3.63) is 131 Å². The number of amides is 2. The fourth-order valence-electron chi connectivity index (χ4n) is 3.96. The van der Waals surface area contributed by atoms with Crippen LogP contribution in [0.2, 0.25) is 0 Å². The molecule has 0 spiro atoms. The molecule has 0 fully saturated rings. The molecule has 2 N–H and O–H groups in total. The molecular formula is C31H28N4O2S2. The van der Waals surface area contributed by atoms with Crippen LogP contribution in [0.1, 0.15) is 28.7 Å². The van der Waals surface area contributed by atoms with Gasteiger partial charge in [-0.3, -0.25) is 20.4 Å². The average Bonchev–Trinajstić information content (AvgIpc) is 2.96. The second-order valence-corrected chi connectivity index (χ2v) is 9.61. The van der Waals surface area contributed by atoms with Gasteiger partial charge in [0.2, 0.25) is 11.8 Å². The zero-order valence-corrected chi connectivity index (χ0v) is 23.3. The maximum atomic E-state index is 13.2. The van der Waals surface area contributed by atoms with Gasteiger partial charge in [0.05, 0.1) is 11.4 Å².